The van der Waals surface area contributed by atoms with Crippen molar-refractivity contribution in [3.8, 4) is 0 Å². The van der Waals surface area contributed by atoms with Gasteiger partial charge in [0.1, 0.15) is 24.9 Å². The van der Waals surface area contributed by atoms with Crippen LogP contribution in [0.1, 0.15) is 134 Å². The summed E-state index contributed by atoms with van der Waals surface area (Å²) >= 11 is 0. The molecular weight excluding hydrogens is 965 g/mol. The second-order valence-corrected chi connectivity index (χ2v) is 40.2. The van der Waals surface area contributed by atoms with E-state index < -0.39 is 66.4 Å². The van der Waals surface area contributed by atoms with Crippen LogP contribution in [0, 0.1) is 5.92 Å². The summed E-state index contributed by atoms with van der Waals surface area (Å²) in [4.78, 5) is 13.7. The highest BCUT2D eigenvalue weighted by molar-refractivity contribution is 6.99. The monoisotopic (exact) mass is 1060 g/mol. The number of rotatable bonds is 23. The van der Waals surface area contributed by atoms with Crippen molar-refractivity contribution in [2.45, 2.75) is 230 Å². The molecule has 10 nitrogen and oxygen atoms in total. The summed E-state index contributed by atoms with van der Waals surface area (Å²) in [6.45, 7) is 36.3. The maximum Gasteiger partial charge on any atom is 0.261 e. The molecule has 2 bridgehead atoms. The van der Waals surface area contributed by atoms with Crippen molar-refractivity contribution in [1.82, 2.24) is 0 Å². The molecule has 3 saturated heterocycles. The Morgan fingerprint density at radius 2 is 1.33 bits per heavy atom. The van der Waals surface area contributed by atoms with E-state index in [1.165, 1.54) is 16.4 Å². The Morgan fingerprint density at radius 3 is 1.88 bits per heavy atom. The van der Waals surface area contributed by atoms with Gasteiger partial charge in [0.25, 0.3) is 8.32 Å². The van der Waals surface area contributed by atoms with E-state index in [2.05, 4.69) is 156 Å². The SMILES string of the molecule is C[C@@H](CO[Si](c1ccccc1)(c1ccccc1)C(C)(C)C)[C@@H](O)CCCC(=O)/C=C/[C@@H](O)[C@H](O[Si](C)(C)C(C)(C)C)[C@@]1(C)C[C@@H](O[Si](C)(C)C(C)(C)C)[C@@H]([C@H]2C[C@]3(C)CC[C@](COCc4ccccc4)(O2)O3)O1. The lowest BCUT2D eigenvalue weighted by Gasteiger charge is -2.47. The highest BCUT2D eigenvalue weighted by Gasteiger charge is 2.62. The van der Waals surface area contributed by atoms with Gasteiger partial charge in [-0.1, -0.05) is 166 Å². The molecule has 0 saturated carbocycles. The Balaban J connectivity index is 1.17. The third-order valence-corrected chi connectivity index (χ3v) is 31.0. The molecule has 3 aliphatic rings. The number of ether oxygens (including phenoxy) is 4. The molecule has 0 aliphatic carbocycles. The van der Waals surface area contributed by atoms with Gasteiger partial charge in [-0.2, -0.15) is 0 Å². The van der Waals surface area contributed by atoms with Crippen LogP contribution in [0.4, 0.5) is 0 Å². The fourth-order valence-corrected chi connectivity index (χ4v) is 18.0. The lowest BCUT2D eigenvalue weighted by molar-refractivity contribution is -0.343. The molecule has 2 N–H and O–H groups in total. The minimum absolute atomic E-state index is 0.0729. The third kappa shape index (κ3) is 14.1. The van der Waals surface area contributed by atoms with E-state index in [0.29, 0.717) is 45.3 Å². The molecule has 0 spiro atoms. The molecule has 0 unspecified atom stereocenters. The first-order valence-corrected chi connectivity index (χ1v) is 34.9. The molecule has 13 heteroatoms. The second kappa shape index (κ2) is 23.1. The molecule has 3 heterocycles. The Morgan fingerprint density at radius 1 is 0.767 bits per heavy atom. The highest BCUT2D eigenvalue weighted by Crippen LogP contribution is 2.53. The number of benzene rings is 3. The largest absolute Gasteiger partial charge is 0.411 e. The maximum absolute atomic E-state index is 13.7. The highest BCUT2D eigenvalue weighted by atomic mass is 28.4. The number of carbonyl (C=O) groups is 1. The Kier molecular flexibility index (Phi) is 18.9. The molecule has 73 heavy (non-hydrogen) atoms. The van der Waals surface area contributed by atoms with Gasteiger partial charge in [-0.05, 0) is 96.4 Å². The van der Waals surface area contributed by atoms with Crippen LogP contribution in [-0.4, -0.2) is 108 Å². The zero-order valence-electron chi connectivity index (χ0n) is 47.6. The van der Waals surface area contributed by atoms with E-state index in [1.54, 1.807) is 6.08 Å². The summed E-state index contributed by atoms with van der Waals surface area (Å²) < 4.78 is 49.3. The van der Waals surface area contributed by atoms with E-state index in [4.69, 9.17) is 32.2 Å². The number of hydrogen-bond acceptors (Lipinski definition) is 10. The van der Waals surface area contributed by atoms with Gasteiger partial charge >= 0.3 is 0 Å². The maximum atomic E-state index is 13.7. The smallest absolute Gasteiger partial charge is 0.261 e. The van der Waals surface area contributed by atoms with E-state index >= 15 is 0 Å². The number of hydrogen-bond donors (Lipinski definition) is 2. The van der Waals surface area contributed by atoms with E-state index in [-0.39, 0.29) is 52.1 Å². The van der Waals surface area contributed by atoms with Crippen LogP contribution in [0.2, 0.25) is 41.3 Å². The van der Waals surface area contributed by atoms with Crippen LogP contribution in [0.15, 0.2) is 103 Å². The van der Waals surface area contributed by atoms with Crippen molar-refractivity contribution in [1.29, 1.82) is 0 Å². The molecule has 0 radical (unpaired) electrons. The van der Waals surface area contributed by atoms with Crippen LogP contribution < -0.4 is 10.4 Å². The molecule has 6 rings (SSSR count). The van der Waals surface area contributed by atoms with Crippen molar-refractivity contribution >= 4 is 41.1 Å². The van der Waals surface area contributed by atoms with E-state index in [0.717, 1.165) is 12.0 Å². The predicted molar refractivity (Wildman–Crippen MR) is 302 cm³/mol. The minimum Gasteiger partial charge on any atom is -0.411 e. The molecule has 0 amide bonds. The zero-order chi connectivity index (χ0) is 53.9. The number of aliphatic hydroxyl groups is 2. The van der Waals surface area contributed by atoms with Crippen LogP contribution >= 0.6 is 0 Å². The summed E-state index contributed by atoms with van der Waals surface area (Å²) in [7, 11) is -7.69. The van der Waals surface area contributed by atoms with Crippen molar-refractivity contribution in [2.75, 3.05) is 13.2 Å². The summed E-state index contributed by atoms with van der Waals surface area (Å²) in [6.07, 6.45) is 3.02. The summed E-state index contributed by atoms with van der Waals surface area (Å²) in [5.74, 6) is -1.21. The number of ketones is 1. The first-order chi connectivity index (χ1) is 33.8. The summed E-state index contributed by atoms with van der Waals surface area (Å²) in [5.41, 5.74) is -0.367. The van der Waals surface area contributed by atoms with Gasteiger partial charge < -0.3 is 42.4 Å². The van der Waals surface area contributed by atoms with Gasteiger partial charge in [0.2, 0.25) is 0 Å². The van der Waals surface area contributed by atoms with Crippen LogP contribution in [0.3, 0.4) is 0 Å². The standard InChI is InChI=1S/C60H94O10Si3/c1-44(41-65-73(57(8,9)10,47-30-22-18-23-31-47)48-32-24-19-25-33-48)49(62)34-26-29-46(61)35-36-50(63)54(69-72(15,16)56(5,6)7)59(12)40-52(68-71(13,14)55(2,3)4)53(67-59)51-39-58(11)37-38-60(66-51,70-58)43-64-42-45-27-20-17-21-28-45/h17-25,27-28,30-33,35-36,44,49-54,62-63H,26,29,34,37-43H2,1-16H3/b36-35+/t44-,49-,50+,51+,52+,53+,54-,58-,59+,60-/m0/s1. The zero-order valence-corrected chi connectivity index (χ0v) is 50.6. The van der Waals surface area contributed by atoms with Crippen molar-refractivity contribution in [3.05, 3.63) is 109 Å². The van der Waals surface area contributed by atoms with Gasteiger partial charge in [-0.15, -0.1) is 0 Å². The Labute approximate surface area is 443 Å². The number of carbonyl (C=O) groups excluding carboxylic acids is 1. The lowest BCUT2D eigenvalue weighted by Crippen LogP contribution is -2.67. The van der Waals surface area contributed by atoms with Gasteiger partial charge in [-0.3, -0.25) is 4.79 Å². The number of aliphatic hydroxyl groups excluding tert-OH is 2. The molecule has 3 fully saturated rings. The quantitative estimate of drug-likeness (QED) is 0.0701. The second-order valence-electron chi connectivity index (χ2n) is 26.3. The number of allylic oxidation sites excluding steroid dienone is 1. The minimum atomic E-state index is -2.77. The van der Waals surface area contributed by atoms with E-state index in [1.807, 2.05) is 44.2 Å². The fourth-order valence-electron chi connectivity index (χ4n) is 10.6. The fraction of sp³-hybridized carbons (Fsp3) is 0.650. The van der Waals surface area contributed by atoms with Crippen LogP contribution in [-0.2, 0) is 43.6 Å². The molecular formula is C60H94O10Si3. The van der Waals surface area contributed by atoms with Crippen molar-refractivity contribution in [2.24, 2.45) is 5.92 Å². The molecule has 0 aromatic heterocycles. The predicted octanol–water partition coefficient (Wildman–Crippen LogP) is 11.8. The van der Waals surface area contributed by atoms with Gasteiger partial charge in [0.05, 0.1) is 36.1 Å². The van der Waals surface area contributed by atoms with Crippen molar-refractivity contribution in [3.63, 3.8) is 0 Å². The Bertz CT molecular complexity index is 2220. The molecule has 3 aliphatic heterocycles. The lowest BCUT2D eigenvalue weighted by atomic mass is 9.88. The molecule has 406 valence electrons. The van der Waals surface area contributed by atoms with Crippen LogP contribution in [0.25, 0.3) is 0 Å². The van der Waals surface area contributed by atoms with Gasteiger partial charge in [0, 0.05) is 38.2 Å². The molecule has 3 aromatic rings. The van der Waals surface area contributed by atoms with E-state index in [9.17, 15) is 15.0 Å². The van der Waals surface area contributed by atoms with Gasteiger partial charge in [0.15, 0.2) is 28.2 Å². The number of fused-ring (bicyclic) bond motifs is 2. The van der Waals surface area contributed by atoms with Crippen LogP contribution in [0.5, 0.6) is 0 Å². The third-order valence-electron chi connectivity index (χ3n) is 17.1. The van der Waals surface area contributed by atoms with Crippen molar-refractivity contribution < 1.29 is 47.2 Å². The average Bonchev–Trinajstić information content (AvgIpc) is 3.77. The average molecular weight is 1060 g/mol. The topological polar surface area (TPSA) is 122 Å². The Hall–Kier alpha value is -2.64. The van der Waals surface area contributed by atoms with Gasteiger partial charge in [-0.25, -0.2) is 0 Å². The molecule has 10 atom stereocenters. The summed E-state index contributed by atoms with van der Waals surface area (Å²) in [5, 5.41) is 25.8. The normalized spacial score (nSPS) is 27.0. The first-order valence-electron chi connectivity index (χ1n) is 27.2. The first kappa shape index (κ1) is 59.6. The molecule has 3 aromatic carbocycles. The summed E-state index contributed by atoms with van der Waals surface area (Å²) in [6, 6.07) is 31.2.